The van der Waals surface area contributed by atoms with Gasteiger partial charge in [-0.15, -0.1) is 0 Å². The van der Waals surface area contributed by atoms with Crippen LogP contribution in [0.1, 0.15) is 21.5 Å². The maximum Gasteiger partial charge on any atom is 0.271 e. The Labute approximate surface area is 189 Å². The highest BCUT2D eigenvalue weighted by atomic mass is 35.5. The van der Waals surface area contributed by atoms with Crippen LogP contribution in [0.5, 0.6) is 17.2 Å². The molecule has 1 aliphatic rings. The lowest BCUT2D eigenvalue weighted by molar-refractivity contribution is 0.0954. The van der Waals surface area contributed by atoms with Crippen molar-refractivity contribution >= 4 is 35.1 Å². The number of aryl methyl sites for hydroxylation is 1. The first-order valence-corrected chi connectivity index (χ1v) is 10.1. The molecule has 162 valence electrons. The molecule has 8 nitrogen and oxygen atoms in total. The molecular formula is C23H19ClN4O4. The number of hydrazone groups is 1. The van der Waals surface area contributed by atoms with Gasteiger partial charge >= 0.3 is 0 Å². The van der Waals surface area contributed by atoms with Crippen molar-refractivity contribution < 1.29 is 19.4 Å². The normalized spacial score (nSPS) is 12.9. The number of halogens is 1. The van der Waals surface area contributed by atoms with E-state index in [1.165, 1.54) is 12.3 Å². The minimum atomic E-state index is -0.426. The van der Waals surface area contributed by atoms with Crippen molar-refractivity contribution in [2.75, 3.05) is 13.2 Å². The number of azo groups is 1. The topological polar surface area (TPSA) is 105 Å². The highest BCUT2D eigenvalue weighted by molar-refractivity contribution is 6.31. The third-order valence-corrected chi connectivity index (χ3v) is 5.03. The van der Waals surface area contributed by atoms with Crippen LogP contribution in [-0.4, -0.2) is 30.4 Å². The summed E-state index contributed by atoms with van der Waals surface area (Å²) in [5.74, 6) is 0.669. The van der Waals surface area contributed by atoms with Gasteiger partial charge in [0.15, 0.2) is 11.5 Å². The van der Waals surface area contributed by atoms with E-state index in [4.69, 9.17) is 21.1 Å². The summed E-state index contributed by atoms with van der Waals surface area (Å²) in [6.45, 7) is 2.81. The van der Waals surface area contributed by atoms with E-state index in [9.17, 15) is 9.90 Å². The Balaban J connectivity index is 1.44. The summed E-state index contributed by atoms with van der Waals surface area (Å²) in [6.07, 6.45) is 1.33. The van der Waals surface area contributed by atoms with Crippen LogP contribution in [0.3, 0.4) is 0 Å². The van der Waals surface area contributed by atoms with Gasteiger partial charge in [-0.3, -0.25) is 4.79 Å². The van der Waals surface area contributed by atoms with Crippen LogP contribution < -0.4 is 14.9 Å². The highest BCUT2D eigenvalue weighted by Crippen LogP contribution is 2.31. The number of hydrogen-bond acceptors (Lipinski definition) is 7. The summed E-state index contributed by atoms with van der Waals surface area (Å²) >= 11 is 6.10. The van der Waals surface area contributed by atoms with Crippen molar-refractivity contribution in [1.29, 1.82) is 0 Å². The van der Waals surface area contributed by atoms with E-state index in [1.807, 2.05) is 13.0 Å². The molecule has 0 bridgehead atoms. The van der Waals surface area contributed by atoms with E-state index in [1.54, 1.807) is 42.5 Å². The smallest absolute Gasteiger partial charge is 0.271 e. The number of phenolic OH excluding ortho intramolecular Hbond substituents is 1. The number of ether oxygens (including phenoxy) is 2. The molecule has 0 fully saturated rings. The zero-order valence-corrected chi connectivity index (χ0v) is 17.8. The van der Waals surface area contributed by atoms with Gasteiger partial charge in [0, 0.05) is 16.1 Å². The Morgan fingerprint density at radius 3 is 2.50 bits per heavy atom. The van der Waals surface area contributed by atoms with E-state index >= 15 is 0 Å². The molecule has 0 saturated heterocycles. The van der Waals surface area contributed by atoms with Gasteiger partial charge in [-0.05, 0) is 61.0 Å². The predicted molar refractivity (Wildman–Crippen MR) is 121 cm³/mol. The average Bonchev–Trinajstić information content (AvgIpc) is 2.81. The van der Waals surface area contributed by atoms with Gasteiger partial charge in [-0.25, -0.2) is 5.43 Å². The number of nitrogens with zero attached hydrogens (tertiary/aromatic N) is 3. The van der Waals surface area contributed by atoms with Crippen molar-refractivity contribution in [3.63, 3.8) is 0 Å². The number of benzene rings is 3. The first-order valence-electron chi connectivity index (χ1n) is 9.73. The van der Waals surface area contributed by atoms with Gasteiger partial charge in [0.05, 0.1) is 17.6 Å². The average molecular weight is 451 g/mol. The van der Waals surface area contributed by atoms with Crippen LogP contribution in [-0.2, 0) is 0 Å². The minimum Gasteiger partial charge on any atom is -0.507 e. The number of phenols is 1. The van der Waals surface area contributed by atoms with Crippen LogP contribution in [0.4, 0.5) is 11.4 Å². The summed E-state index contributed by atoms with van der Waals surface area (Å²) < 4.78 is 10.9. The first-order chi connectivity index (χ1) is 15.5. The van der Waals surface area contributed by atoms with Crippen LogP contribution in [0.15, 0.2) is 69.9 Å². The van der Waals surface area contributed by atoms with Crippen molar-refractivity contribution in [1.82, 2.24) is 5.43 Å². The number of carbonyl (C=O) groups excluding carboxylic acids is 1. The summed E-state index contributed by atoms with van der Waals surface area (Å²) in [4.78, 5) is 12.4. The standard InChI is InChI=1S/C23H19ClN4O4/c1-14-2-4-18(12-19(14)24)27-26-17-5-6-20(29)16(10-17)13-25-28-23(30)15-3-7-21-22(11-15)32-9-8-31-21/h2-7,10-13,29H,8-9H2,1H3,(H,28,30). The number of fused-ring (bicyclic) bond motifs is 1. The predicted octanol–water partition coefficient (Wildman–Crippen LogP) is 5.30. The molecule has 3 aromatic rings. The van der Waals surface area contributed by atoms with Crippen LogP contribution in [0.2, 0.25) is 5.02 Å². The lowest BCUT2D eigenvalue weighted by atomic mass is 10.2. The molecule has 3 aromatic carbocycles. The van der Waals surface area contributed by atoms with Crippen LogP contribution >= 0.6 is 11.6 Å². The molecule has 1 aliphatic heterocycles. The zero-order chi connectivity index (χ0) is 22.5. The minimum absolute atomic E-state index is 0.0142. The number of aromatic hydroxyl groups is 1. The fourth-order valence-electron chi connectivity index (χ4n) is 2.88. The molecule has 4 rings (SSSR count). The monoisotopic (exact) mass is 450 g/mol. The Morgan fingerprint density at radius 2 is 1.72 bits per heavy atom. The van der Waals surface area contributed by atoms with E-state index < -0.39 is 5.91 Å². The fourth-order valence-corrected chi connectivity index (χ4v) is 3.05. The molecule has 0 unspecified atom stereocenters. The van der Waals surface area contributed by atoms with Crippen LogP contribution in [0.25, 0.3) is 0 Å². The lowest BCUT2D eigenvalue weighted by Crippen LogP contribution is -2.19. The summed E-state index contributed by atoms with van der Waals surface area (Å²) in [5.41, 5.74) is 5.22. The van der Waals surface area contributed by atoms with Crippen molar-refractivity contribution in [3.8, 4) is 17.2 Å². The maximum absolute atomic E-state index is 12.4. The fraction of sp³-hybridized carbons (Fsp3) is 0.130. The molecule has 0 aliphatic carbocycles. The second-order valence-corrected chi connectivity index (χ2v) is 7.34. The van der Waals surface area contributed by atoms with Gasteiger partial charge in [0.2, 0.25) is 0 Å². The summed E-state index contributed by atoms with van der Waals surface area (Å²) in [5, 5.41) is 22.9. The van der Waals surface area contributed by atoms with Gasteiger partial charge in [0.25, 0.3) is 5.91 Å². The molecule has 1 amide bonds. The van der Waals surface area contributed by atoms with E-state index in [2.05, 4.69) is 20.8 Å². The van der Waals surface area contributed by atoms with Gasteiger partial charge < -0.3 is 14.6 Å². The molecule has 0 spiro atoms. The largest absolute Gasteiger partial charge is 0.507 e. The molecule has 1 heterocycles. The van der Waals surface area contributed by atoms with E-state index in [0.717, 1.165) is 5.56 Å². The SMILES string of the molecule is Cc1ccc(N=Nc2ccc(O)c(C=NNC(=O)c3ccc4c(c3)OCCO4)c2)cc1Cl. The molecule has 32 heavy (non-hydrogen) atoms. The molecule has 0 aromatic heterocycles. The third kappa shape index (κ3) is 5.04. The van der Waals surface area contributed by atoms with Gasteiger partial charge in [-0.2, -0.15) is 15.3 Å². The summed E-state index contributed by atoms with van der Waals surface area (Å²) in [7, 11) is 0. The number of hydrogen-bond donors (Lipinski definition) is 2. The Bertz CT molecular complexity index is 1230. The second kappa shape index (κ2) is 9.49. The number of carbonyl (C=O) groups is 1. The Hall–Kier alpha value is -3.91. The molecule has 0 saturated carbocycles. The van der Waals surface area contributed by atoms with E-state index in [0.29, 0.717) is 52.2 Å². The van der Waals surface area contributed by atoms with Crippen molar-refractivity contribution in [2.45, 2.75) is 6.92 Å². The lowest BCUT2D eigenvalue weighted by Gasteiger charge is -2.18. The maximum atomic E-state index is 12.4. The highest BCUT2D eigenvalue weighted by Gasteiger charge is 2.14. The van der Waals surface area contributed by atoms with E-state index in [-0.39, 0.29) is 5.75 Å². The molecule has 0 radical (unpaired) electrons. The van der Waals surface area contributed by atoms with Crippen molar-refractivity contribution in [3.05, 3.63) is 76.3 Å². The number of rotatable bonds is 5. The summed E-state index contributed by atoms with van der Waals surface area (Å²) in [6, 6.07) is 14.9. The Kier molecular flexibility index (Phi) is 6.32. The molecule has 9 heteroatoms. The first kappa shape index (κ1) is 21.3. The second-order valence-electron chi connectivity index (χ2n) is 6.93. The third-order valence-electron chi connectivity index (χ3n) is 4.62. The number of nitrogens with one attached hydrogen (secondary N) is 1. The quantitative estimate of drug-likeness (QED) is 0.312. The van der Waals surface area contributed by atoms with Crippen LogP contribution in [0, 0.1) is 6.92 Å². The molecule has 0 atom stereocenters. The zero-order valence-electron chi connectivity index (χ0n) is 17.1. The molecular weight excluding hydrogens is 432 g/mol. The number of amides is 1. The molecule has 2 N–H and O–H groups in total. The van der Waals surface area contributed by atoms with Crippen molar-refractivity contribution in [2.24, 2.45) is 15.3 Å². The van der Waals surface area contributed by atoms with Gasteiger partial charge in [-0.1, -0.05) is 17.7 Å². The Morgan fingerprint density at radius 1 is 1.00 bits per heavy atom. The van der Waals surface area contributed by atoms with Gasteiger partial charge in [0.1, 0.15) is 19.0 Å².